The molecule has 0 aliphatic rings. The summed E-state index contributed by atoms with van der Waals surface area (Å²) < 4.78 is 1.05. The molecule has 4 heteroatoms. The van der Waals surface area contributed by atoms with Crippen LogP contribution in [0.1, 0.15) is 37.1 Å². The van der Waals surface area contributed by atoms with E-state index < -0.39 is 0 Å². The second-order valence-corrected chi connectivity index (χ2v) is 6.69. The van der Waals surface area contributed by atoms with E-state index in [0.29, 0.717) is 0 Å². The molecule has 0 amide bonds. The van der Waals surface area contributed by atoms with Crippen LogP contribution in [0.4, 0.5) is 5.69 Å². The van der Waals surface area contributed by atoms with Crippen LogP contribution in [-0.4, -0.2) is 7.05 Å². The highest BCUT2D eigenvalue weighted by molar-refractivity contribution is 9.10. The largest absolute Gasteiger partial charge is 0.368 e. The van der Waals surface area contributed by atoms with Gasteiger partial charge >= 0.3 is 0 Å². The van der Waals surface area contributed by atoms with Gasteiger partial charge in [-0.2, -0.15) is 0 Å². The van der Waals surface area contributed by atoms with Crippen molar-refractivity contribution >= 4 is 33.2 Å². The SMILES string of the molecule is CC(N)c1ccc(Br)cc1N(C)C(C)c1cccc(Cl)c1. The fourth-order valence-electron chi connectivity index (χ4n) is 2.41. The van der Waals surface area contributed by atoms with Gasteiger partial charge in [0, 0.05) is 28.3 Å². The van der Waals surface area contributed by atoms with E-state index in [-0.39, 0.29) is 12.1 Å². The summed E-state index contributed by atoms with van der Waals surface area (Å²) in [5.74, 6) is 0. The number of hydrogen-bond acceptors (Lipinski definition) is 2. The molecule has 2 aromatic rings. The minimum absolute atomic E-state index is 0.0119. The first-order chi connectivity index (χ1) is 9.90. The van der Waals surface area contributed by atoms with Crippen LogP contribution in [0.15, 0.2) is 46.9 Å². The molecule has 0 radical (unpaired) electrons. The summed E-state index contributed by atoms with van der Waals surface area (Å²) in [6.45, 7) is 4.17. The molecule has 2 atom stereocenters. The average Bonchev–Trinajstić information content (AvgIpc) is 2.45. The van der Waals surface area contributed by atoms with Gasteiger partial charge in [-0.25, -0.2) is 0 Å². The Morgan fingerprint density at radius 2 is 1.86 bits per heavy atom. The number of hydrogen-bond donors (Lipinski definition) is 1. The van der Waals surface area contributed by atoms with Crippen molar-refractivity contribution in [1.82, 2.24) is 0 Å². The molecule has 2 unspecified atom stereocenters. The molecule has 0 aromatic heterocycles. The Labute approximate surface area is 140 Å². The zero-order valence-electron chi connectivity index (χ0n) is 12.5. The van der Waals surface area contributed by atoms with Crippen molar-refractivity contribution in [3.05, 3.63) is 63.1 Å². The zero-order valence-corrected chi connectivity index (χ0v) is 14.8. The Morgan fingerprint density at radius 3 is 2.48 bits per heavy atom. The maximum atomic E-state index is 6.10. The maximum Gasteiger partial charge on any atom is 0.0511 e. The standard InChI is InChI=1S/C17H20BrClN2/c1-11(20)16-8-7-14(18)10-17(16)21(3)12(2)13-5-4-6-15(19)9-13/h4-12H,20H2,1-3H3. The van der Waals surface area contributed by atoms with Crippen molar-refractivity contribution in [2.24, 2.45) is 5.73 Å². The van der Waals surface area contributed by atoms with Crippen LogP contribution in [0.25, 0.3) is 0 Å². The van der Waals surface area contributed by atoms with Gasteiger partial charge in [0.05, 0.1) is 6.04 Å². The van der Waals surface area contributed by atoms with Crippen molar-refractivity contribution in [1.29, 1.82) is 0 Å². The van der Waals surface area contributed by atoms with Gasteiger partial charge in [-0.15, -0.1) is 0 Å². The highest BCUT2D eigenvalue weighted by Crippen LogP contribution is 2.33. The number of anilines is 1. The summed E-state index contributed by atoms with van der Waals surface area (Å²) in [7, 11) is 2.08. The van der Waals surface area contributed by atoms with Gasteiger partial charge in [-0.05, 0) is 49.2 Å². The van der Waals surface area contributed by atoms with E-state index in [1.165, 1.54) is 5.56 Å². The zero-order chi connectivity index (χ0) is 15.6. The lowest BCUT2D eigenvalue weighted by Crippen LogP contribution is -2.24. The van der Waals surface area contributed by atoms with E-state index in [1.54, 1.807) is 0 Å². The van der Waals surface area contributed by atoms with Gasteiger partial charge in [-0.1, -0.05) is 45.7 Å². The Morgan fingerprint density at radius 1 is 1.14 bits per heavy atom. The molecule has 2 N–H and O–H groups in total. The molecule has 0 fully saturated rings. The molecule has 0 bridgehead atoms. The molecular formula is C17H20BrClN2. The van der Waals surface area contributed by atoms with E-state index >= 15 is 0 Å². The summed E-state index contributed by atoms with van der Waals surface area (Å²) >= 11 is 9.64. The Bertz CT molecular complexity index is 628. The van der Waals surface area contributed by atoms with Crippen molar-refractivity contribution < 1.29 is 0 Å². The van der Waals surface area contributed by atoms with Gasteiger partial charge in [0.1, 0.15) is 0 Å². The van der Waals surface area contributed by atoms with Crippen LogP contribution in [0.2, 0.25) is 5.02 Å². The van der Waals surface area contributed by atoms with Crippen LogP contribution in [-0.2, 0) is 0 Å². The van der Waals surface area contributed by atoms with Gasteiger partial charge in [-0.3, -0.25) is 0 Å². The molecule has 0 saturated heterocycles. The second kappa shape index (κ2) is 6.82. The molecule has 2 rings (SSSR count). The van der Waals surface area contributed by atoms with Crippen LogP contribution < -0.4 is 10.6 Å². The average molecular weight is 368 g/mol. The molecule has 112 valence electrons. The van der Waals surface area contributed by atoms with E-state index in [1.807, 2.05) is 31.2 Å². The van der Waals surface area contributed by atoms with Crippen molar-refractivity contribution in [2.45, 2.75) is 25.9 Å². The van der Waals surface area contributed by atoms with E-state index in [0.717, 1.165) is 20.7 Å². The van der Waals surface area contributed by atoms with Crippen LogP contribution >= 0.6 is 27.5 Å². The number of nitrogens with zero attached hydrogens (tertiary/aromatic N) is 1. The first-order valence-corrected chi connectivity index (χ1v) is 8.10. The third-order valence-corrected chi connectivity index (χ3v) is 4.50. The summed E-state index contributed by atoms with van der Waals surface area (Å²) in [6, 6.07) is 14.4. The Hall–Kier alpha value is -1.03. The Balaban J connectivity index is 2.39. The number of rotatable bonds is 4. The quantitative estimate of drug-likeness (QED) is 0.792. The highest BCUT2D eigenvalue weighted by Gasteiger charge is 2.17. The van der Waals surface area contributed by atoms with E-state index in [9.17, 15) is 0 Å². The minimum atomic E-state index is -0.0119. The summed E-state index contributed by atoms with van der Waals surface area (Å²) in [4.78, 5) is 2.23. The van der Waals surface area contributed by atoms with Gasteiger partial charge in [0.15, 0.2) is 0 Å². The third kappa shape index (κ3) is 3.79. The molecule has 0 saturated carbocycles. The van der Waals surface area contributed by atoms with Crippen molar-refractivity contribution in [3.63, 3.8) is 0 Å². The predicted octanol–water partition coefficient (Wildman–Crippen LogP) is 5.32. The molecule has 21 heavy (non-hydrogen) atoms. The second-order valence-electron chi connectivity index (χ2n) is 5.33. The predicted molar refractivity (Wildman–Crippen MR) is 95.0 cm³/mol. The first-order valence-electron chi connectivity index (χ1n) is 6.93. The molecule has 0 spiro atoms. The lowest BCUT2D eigenvalue weighted by Gasteiger charge is -2.30. The van der Waals surface area contributed by atoms with Gasteiger partial charge < -0.3 is 10.6 Å². The number of halogens is 2. The molecule has 0 heterocycles. The lowest BCUT2D eigenvalue weighted by molar-refractivity contribution is 0.722. The van der Waals surface area contributed by atoms with Crippen LogP contribution in [0.5, 0.6) is 0 Å². The smallest absolute Gasteiger partial charge is 0.0511 e. The first kappa shape index (κ1) is 16.3. The van der Waals surface area contributed by atoms with Crippen molar-refractivity contribution in [3.8, 4) is 0 Å². The number of benzene rings is 2. The Kier molecular flexibility index (Phi) is 5.31. The van der Waals surface area contributed by atoms with E-state index in [4.69, 9.17) is 17.3 Å². The fourth-order valence-corrected chi connectivity index (χ4v) is 2.95. The lowest BCUT2D eigenvalue weighted by atomic mass is 10.0. The fraction of sp³-hybridized carbons (Fsp3) is 0.294. The summed E-state index contributed by atoms with van der Waals surface area (Å²) in [5, 5.41) is 0.759. The van der Waals surface area contributed by atoms with Crippen LogP contribution in [0, 0.1) is 0 Å². The minimum Gasteiger partial charge on any atom is -0.368 e. The summed E-state index contributed by atoms with van der Waals surface area (Å²) in [6.07, 6.45) is 0. The normalized spacial score (nSPS) is 13.8. The van der Waals surface area contributed by atoms with Crippen molar-refractivity contribution in [2.75, 3.05) is 11.9 Å². The van der Waals surface area contributed by atoms with E-state index in [2.05, 4.69) is 53.0 Å². The molecule has 0 aliphatic carbocycles. The molecule has 2 aromatic carbocycles. The third-order valence-electron chi connectivity index (χ3n) is 3.78. The highest BCUT2D eigenvalue weighted by atomic mass is 79.9. The molecule has 0 aliphatic heterocycles. The van der Waals surface area contributed by atoms with Gasteiger partial charge in [0.25, 0.3) is 0 Å². The monoisotopic (exact) mass is 366 g/mol. The summed E-state index contributed by atoms with van der Waals surface area (Å²) in [5.41, 5.74) is 9.55. The maximum absolute atomic E-state index is 6.10. The molecule has 2 nitrogen and oxygen atoms in total. The number of nitrogens with two attached hydrogens (primary N) is 1. The van der Waals surface area contributed by atoms with Crippen LogP contribution in [0.3, 0.4) is 0 Å². The van der Waals surface area contributed by atoms with Gasteiger partial charge in [0.2, 0.25) is 0 Å². The topological polar surface area (TPSA) is 29.3 Å². The molecular weight excluding hydrogens is 348 g/mol.